The standard InChI is InChI=1S/C48H63N9O8/c1-30(59)52-39(25-32-16-7-3-8-17-32)45(62)53-37(22-13-23-49)44(61)57-42(29-58)48(65)55-40(26-33-18-9-4-10-19-33)46(63)56-41(27-34-28-51-36-21-12-11-20-35(34)36)47(64)54-38(43(50)60)24-31-14-5-2-6-15-31/h2-3,5-8,11-12,14-17,20-21,28,33,37-42,51,58H,4,9-10,13,18-19,22-27,29,49H2,1H3,(H2,50,60)(H,52,59)(H,53,62)(H,54,64)(H,55,65)(H,56,63)(H,57,61)/t37-,38-,39-,40+,41-,42-/m0/s1. The first-order valence-electron chi connectivity index (χ1n) is 22.4. The van der Waals surface area contributed by atoms with E-state index in [1.54, 1.807) is 54.7 Å². The molecule has 0 unspecified atom stereocenters. The lowest BCUT2D eigenvalue weighted by molar-refractivity contribution is -0.136. The summed E-state index contributed by atoms with van der Waals surface area (Å²) in [6.07, 6.45) is 7.17. The summed E-state index contributed by atoms with van der Waals surface area (Å²) in [6.45, 7) is 0.620. The topological polar surface area (TPSA) is 280 Å². The van der Waals surface area contributed by atoms with E-state index in [9.17, 15) is 38.7 Å². The highest BCUT2D eigenvalue weighted by Crippen LogP contribution is 2.28. The zero-order chi connectivity index (χ0) is 46.7. The molecular weight excluding hydrogens is 831 g/mol. The molecule has 65 heavy (non-hydrogen) atoms. The third-order valence-electron chi connectivity index (χ3n) is 11.7. The van der Waals surface area contributed by atoms with Gasteiger partial charge in [-0.2, -0.15) is 0 Å². The lowest BCUT2D eigenvalue weighted by Gasteiger charge is -2.30. The van der Waals surface area contributed by atoms with Crippen LogP contribution in [0.2, 0.25) is 0 Å². The Morgan fingerprint density at radius 3 is 1.71 bits per heavy atom. The summed E-state index contributed by atoms with van der Waals surface area (Å²) in [4.78, 5) is 98.0. The predicted molar refractivity (Wildman–Crippen MR) is 245 cm³/mol. The maximum Gasteiger partial charge on any atom is 0.245 e. The van der Waals surface area contributed by atoms with E-state index in [0.717, 1.165) is 59.7 Å². The van der Waals surface area contributed by atoms with Crippen LogP contribution in [0.25, 0.3) is 10.9 Å². The van der Waals surface area contributed by atoms with E-state index in [-0.39, 0.29) is 44.6 Å². The Morgan fingerprint density at radius 1 is 0.615 bits per heavy atom. The Hall–Kier alpha value is -6.59. The number of rotatable bonds is 24. The molecule has 1 aliphatic rings. The van der Waals surface area contributed by atoms with E-state index < -0.39 is 84.2 Å². The Balaban J connectivity index is 1.35. The second-order valence-corrected chi connectivity index (χ2v) is 16.8. The molecule has 0 bridgehead atoms. The van der Waals surface area contributed by atoms with Crippen molar-refractivity contribution in [3.63, 3.8) is 0 Å². The second kappa shape index (κ2) is 25.0. The molecule has 17 nitrogen and oxygen atoms in total. The highest BCUT2D eigenvalue weighted by molar-refractivity contribution is 5.97. The van der Waals surface area contributed by atoms with Gasteiger partial charge in [0.2, 0.25) is 41.4 Å². The van der Waals surface area contributed by atoms with Crippen molar-refractivity contribution in [3.05, 3.63) is 108 Å². The number of nitrogens with one attached hydrogen (secondary N) is 7. The summed E-state index contributed by atoms with van der Waals surface area (Å²) >= 11 is 0. The molecule has 348 valence electrons. The molecule has 6 atom stereocenters. The van der Waals surface area contributed by atoms with Crippen LogP contribution in [0.3, 0.4) is 0 Å². The minimum atomic E-state index is -1.54. The first-order chi connectivity index (χ1) is 31.3. The van der Waals surface area contributed by atoms with Crippen molar-refractivity contribution in [2.75, 3.05) is 13.2 Å². The smallest absolute Gasteiger partial charge is 0.245 e. The Morgan fingerprint density at radius 2 is 1.11 bits per heavy atom. The van der Waals surface area contributed by atoms with Gasteiger partial charge in [-0.05, 0) is 54.5 Å². The van der Waals surface area contributed by atoms with Crippen molar-refractivity contribution in [1.29, 1.82) is 0 Å². The molecule has 12 N–H and O–H groups in total. The maximum atomic E-state index is 14.5. The van der Waals surface area contributed by atoms with Gasteiger partial charge >= 0.3 is 0 Å². The van der Waals surface area contributed by atoms with Gasteiger partial charge in [0, 0.05) is 43.3 Å². The van der Waals surface area contributed by atoms with E-state index in [1.807, 2.05) is 36.4 Å². The summed E-state index contributed by atoms with van der Waals surface area (Å²) in [6, 6.07) is 18.3. The summed E-state index contributed by atoms with van der Waals surface area (Å²) in [5.74, 6) is -4.79. The van der Waals surface area contributed by atoms with Crippen molar-refractivity contribution >= 4 is 52.3 Å². The summed E-state index contributed by atoms with van der Waals surface area (Å²) in [7, 11) is 0. The summed E-state index contributed by atoms with van der Waals surface area (Å²) in [5, 5.41) is 27.5. The fraction of sp³-hybridized carbons (Fsp3) is 0.438. The molecule has 1 heterocycles. The molecule has 1 aromatic heterocycles. The van der Waals surface area contributed by atoms with E-state index in [4.69, 9.17) is 11.5 Å². The van der Waals surface area contributed by atoms with Crippen LogP contribution in [0.1, 0.15) is 75.0 Å². The molecule has 17 heteroatoms. The van der Waals surface area contributed by atoms with Crippen LogP contribution in [0.15, 0.2) is 91.1 Å². The molecule has 0 radical (unpaired) electrons. The predicted octanol–water partition coefficient (Wildman–Crippen LogP) is 1.31. The van der Waals surface area contributed by atoms with Crippen LogP contribution in [0.4, 0.5) is 0 Å². The third kappa shape index (κ3) is 15.3. The van der Waals surface area contributed by atoms with Crippen molar-refractivity contribution in [2.24, 2.45) is 17.4 Å². The van der Waals surface area contributed by atoms with Crippen LogP contribution < -0.4 is 43.4 Å². The van der Waals surface area contributed by atoms with Crippen molar-refractivity contribution in [1.82, 2.24) is 36.9 Å². The number of fused-ring (bicyclic) bond motifs is 1. The first-order valence-corrected chi connectivity index (χ1v) is 22.4. The number of aromatic amines is 1. The number of hydrogen-bond donors (Lipinski definition) is 10. The minimum absolute atomic E-state index is 0.0157. The number of amides is 7. The highest BCUT2D eigenvalue weighted by atomic mass is 16.3. The molecule has 0 spiro atoms. The number of carbonyl (C=O) groups excluding carboxylic acids is 7. The molecule has 0 saturated heterocycles. The number of para-hydroxylation sites is 1. The van der Waals surface area contributed by atoms with Gasteiger partial charge in [0.25, 0.3) is 0 Å². The van der Waals surface area contributed by atoms with Crippen LogP contribution in [0, 0.1) is 5.92 Å². The Kier molecular flexibility index (Phi) is 19.0. The van der Waals surface area contributed by atoms with Gasteiger partial charge in [-0.1, -0.05) is 111 Å². The van der Waals surface area contributed by atoms with Gasteiger partial charge < -0.3 is 53.5 Å². The Labute approximate surface area is 379 Å². The van der Waals surface area contributed by atoms with Crippen LogP contribution >= 0.6 is 0 Å². The van der Waals surface area contributed by atoms with E-state index >= 15 is 0 Å². The minimum Gasteiger partial charge on any atom is -0.394 e. The number of H-pyrrole nitrogens is 1. The summed E-state index contributed by atoms with van der Waals surface area (Å²) < 4.78 is 0. The number of carbonyl (C=O) groups is 7. The fourth-order valence-corrected chi connectivity index (χ4v) is 8.24. The maximum absolute atomic E-state index is 14.5. The monoisotopic (exact) mass is 893 g/mol. The van der Waals surface area contributed by atoms with Gasteiger partial charge in [-0.15, -0.1) is 0 Å². The molecule has 4 aromatic rings. The van der Waals surface area contributed by atoms with Crippen LogP contribution in [0.5, 0.6) is 0 Å². The number of aliphatic hydroxyl groups excluding tert-OH is 1. The third-order valence-corrected chi connectivity index (χ3v) is 11.7. The average molecular weight is 894 g/mol. The van der Waals surface area contributed by atoms with Gasteiger partial charge in [-0.3, -0.25) is 33.6 Å². The average Bonchev–Trinajstić information content (AvgIpc) is 3.71. The first kappa shape index (κ1) is 49.4. The zero-order valence-electron chi connectivity index (χ0n) is 36.9. The van der Waals surface area contributed by atoms with Crippen LogP contribution in [-0.2, 0) is 52.8 Å². The number of aliphatic hydroxyl groups is 1. The van der Waals surface area contributed by atoms with Crippen molar-refractivity contribution < 1.29 is 38.7 Å². The van der Waals surface area contributed by atoms with Gasteiger partial charge in [0.05, 0.1) is 6.61 Å². The highest BCUT2D eigenvalue weighted by Gasteiger charge is 2.35. The molecule has 1 aliphatic carbocycles. The second-order valence-electron chi connectivity index (χ2n) is 16.8. The SMILES string of the molecule is CC(=O)N[C@@H](Cc1ccccc1)C(=O)N[C@@H](CCCN)C(=O)N[C@@H](CO)C(=O)N[C@H](CC1CCCCC1)C(=O)N[C@@H](Cc1c[nH]c2ccccc12)C(=O)N[C@@H](Cc1ccccc1)C(N)=O. The molecule has 7 amide bonds. The lowest BCUT2D eigenvalue weighted by Crippen LogP contribution is -2.61. The van der Waals surface area contributed by atoms with E-state index in [1.165, 1.54) is 6.92 Å². The zero-order valence-corrected chi connectivity index (χ0v) is 36.9. The van der Waals surface area contributed by atoms with Crippen molar-refractivity contribution in [2.45, 2.75) is 114 Å². The van der Waals surface area contributed by atoms with E-state index in [0.29, 0.717) is 6.42 Å². The van der Waals surface area contributed by atoms with Crippen LogP contribution in [-0.4, -0.2) is 101 Å². The molecule has 3 aromatic carbocycles. The Bertz CT molecular complexity index is 2210. The molecule has 5 rings (SSSR count). The largest absolute Gasteiger partial charge is 0.394 e. The number of aromatic nitrogens is 1. The normalized spacial score (nSPS) is 15.6. The quantitative estimate of drug-likeness (QED) is 0.0485. The van der Waals surface area contributed by atoms with Gasteiger partial charge in [0.15, 0.2) is 0 Å². The number of nitrogens with two attached hydrogens (primary N) is 2. The molecule has 1 fully saturated rings. The summed E-state index contributed by atoms with van der Waals surface area (Å²) in [5.41, 5.74) is 14.6. The fourth-order valence-electron chi connectivity index (χ4n) is 8.24. The van der Waals surface area contributed by atoms with Gasteiger partial charge in [-0.25, -0.2) is 0 Å². The molecule has 0 aliphatic heterocycles. The van der Waals surface area contributed by atoms with E-state index in [2.05, 4.69) is 36.9 Å². The molecular formula is C48H63N9O8. The molecule has 1 saturated carbocycles. The lowest BCUT2D eigenvalue weighted by atomic mass is 9.84. The van der Waals surface area contributed by atoms with Crippen molar-refractivity contribution in [3.8, 4) is 0 Å². The van der Waals surface area contributed by atoms with Gasteiger partial charge in [0.1, 0.15) is 36.3 Å². The number of hydrogen-bond acceptors (Lipinski definition) is 9. The number of benzene rings is 3. The number of primary amides is 1.